The molecule has 0 aromatic carbocycles. The monoisotopic (exact) mass is 375 g/mol. The van der Waals surface area contributed by atoms with Crippen molar-refractivity contribution in [1.29, 1.82) is 0 Å². The van der Waals surface area contributed by atoms with Crippen molar-refractivity contribution in [1.82, 2.24) is 0 Å². The molecule has 0 aliphatic heterocycles. The highest BCUT2D eigenvalue weighted by Crippen LogP contribution is 2.72. The first-order valence-electron chi connectivity index (χ1n) is 4.99. The van der Waals surface area contributed by atoms with E-state index in [9.17, 15) is 53.4 Å². The number of rotatable bonds is 2. The van der Waals surface area contributed by atoms with Gasteiger partial charge in [-0.05, 0) is 0 Å². The summed E-state index contributed by atoms with van der Waals surface area (Å²) in [6.45, 7) is 0. The molecule has 0 saturated carbocycles. The Bertz CT molecular complexity index is 386. The Morgan fingerprint density at radius 2 is 0.818 bits per heavy atom. The molecule has 0 rings (SSSR count). The van der Waals surface area contributed by atoms with Crippen LogP contribution in [-0.2, 0) is 4.57 Å². The Hall–Kier alpha value is -0.550. The second-order valence-electron chi connectivity index (χ2n) is 5.31. The lowest BCUT2D eigenvalue weighted by Gasteiger charge is -2.38. The summed E-state index contributed by atoms with van der Waals surface area (Å²) in [5, 5.41) is 0. The van der Waals surface area contributed by atoms with Gasteiger partial charge in [0.15, 0.2) is 7.37 Å². The zero-order valence-corrected chi connectivity index (χ0v) is 12.4. The van der Waals surface area contributed by atoms with Crippen LogP contribution in [0, 0.1) is 0 Å². The van der Waals surface area contributed by atoms with Gasteiger partial charge in [-0.25, -0.2) is 0 Å². The first kappa shape index (κ1) is 23.7. The van der Waals surface area contributed by atoms with Crippen LogP contribution in [0.15, 0.2) is 0 Å². The molecule has 0 unspecified atom stereocenters. The Morgan fingerprint density at radius 1 is 0.682 bits per heavy atom. The largest absolute Gasteiger partial charge is 0.790 e. The SMILES string of the molecule is C[N+](C)(C)C.O=P([O-])(C(F)(F)C(F)(F)F)C(F)(F)C(F)(F)F. The van der Waals surface area contributed by atoms with Crippen molar-refractivity contribution in [3.63, 3.8) is 0 Å². The number of quaternary nitrogens is 1. The maximum Gasteiger partial charge on any atom is 0.459 e. The van der Waals surface area contributed by atoms with Gasteiger partial charge in [0.25, 0.3) is 0 Å². The molecule has 0 aromatic rings. The van der Waals surface area contributed by atoms with Gasteiger partial charge >= 0.3 is 23.7 Å². The number of alkyl halides is 10. The van der Waals surface area contributed by atoms with Gasteiger partial charge in [0.1, 0.15) is 0 Å². The van der Waals surface area contributed by atoms with E-state index in [0.717, 1.165) is 4.48 Å². The second-order valence-corrected chi connectivity index (χ2v) is 7.54. The van der Waals surface area contributed by atoms with E-state index in [-0.39, 0.29) is 0 Å². The lowest BCUT2D eigenvalue weighted by atomic mass is 10.7. The molecule has 3 nitrogen and oxygen atoms in total. The van der Waals surface area contributed by atoms with Crippen LogP contribution in [0.25, 0.3) is 0 Å². The third kappa shape index (κ3) is 5.27. The quantitative estimate of drug-likeness (QED) is 0.422. The summed E-state index contributed by atoms with van der Waals surface area (Å²) in [4.78, 5) is 10.1. The summed E-state index contributed by atoms with van der Waals surface area (Å²) in [5.74, 6) is 0. The molecule has 0 bridgehead atoms. The molecule has 0 aliphatic carbocycles. The van der Waals surface area contributed by atoms with E-state index in [1.54, 1.807) is 0 Å². The highest BCUT2D eigenvalue weighted by Gasteiger charge is 2.78. The van der Waals surface area contributed by atoms with E-state index in [1.807, 2.05) is 0 Å². The number of nitrogens with zero attached hydrogens (tertiary/aromatic N) is 1. The standard InChI is InChI=1S/C4HF10O2P.C4H12N/c5-1(6,7)3(11,12)17(15,16)4(13,14)2(8,9)10;1-5(2,3)4/h(H,15,16);1-4H3/q;+1/p-1. The summed E-state index contributed by atoms with van der Waals surface area (Å²) in [7, 11) is -0.00810. The van der Waals surface area contributed by atoms with Crippen LogP contribution in [-0.4, -0.2) is 56.4 Å². The van der Waals surface area contributed by atoms with E-state index in [0.29, 0.717) is 0 Å². The van der Waals surface area contributed by atoms with Gasteiger partial charge in [-0.1, -0.05) is 0 Å². The van der Waals surface area contributed by atoms with Crippen molar-refractivity contribution >= 4 is 7.37 Å². The van der Waals surface area contributed by atoms with E-state index in [1.165, 1.54) is 0 Å². The van der Waals surface area contributed by atoms with Crippen LogP contribution in [0.2, 0.25) is 0 Å². The smallest absolute Gasteiger partial charge is 0.459 e. The molecule has 14 heteroatoms. The van der Waals surface area contributed by atoms with E-state index >= 15 is 0 Å². The third-order valence-electron chi connectivity index (χ3n) is 1.42. The van der Waals surface area contributed by atoms with Gasteiger partial charge in [-0.15, -0.1) is 0 Å². The number of hydrogen-bond donors (Lipinski definition) is 0. The highest BCUT2D eigenvalue weighted by molar-refractivity contribution is 7.59. The Morgan fingerprint density at radius 3 is 0.909 bits per heavy atom. The lowest BCUT2D eigenvalue weighted by Crippen LogP contribution is -2.50. The van der Waals surface area contributed by atoms with Crippen LogP contribution in [0.5, 0.6) is 0 Å². The fourth-order valence-electron chi connectivity index (χ4n) is 0.510. The van der Waals surface area contributed by atoms with Gasteiger partial charge in [0.2, 0.25) is 0 Å². The third-order valence-corrected chi connectivity index (χ3v) is 3.41. The molecular weight excluding hydrogens is 363 g/mol. The van der Waals surface area contributed by atoms with Gasteiger partial charge < -0.3 is 13.9 Å². The van der Waals surface area contributed by atoms with Crippen molar-refractivity contribution in [2.45, 2.75) is 23.7 Å². The van der Waals surface area contributed by atoms with E-state index in [2.05, 4.69) is 28.2 Å². The van der Waals surface area contributed by atoms with Crippen LogP contribution in [0.1, 0.15) is 0 Å². The summed E-state index contributed by atoms with van der Waals surface area (Å²) >= 11 is 0. The minimum atomic E-state index is -8.51. The van der Waals surface area contributed by atoms with Gasteiger partial charge in [0, 0.05) is 0 Å². The first-order chi connectivity index (χ1) is 9.00. The van der Waals surface area contributed by atoms with Crippen molar-refractivity contribution in [3.8, 4) is 0 Å². The molecule has 0 radical (unpaired) electrons. The molecule has 0 heterocycles. The molecule has 0 fully saturated rings. The van der Waals surface area contributed by atoms with Crippen molar-refractivity contribution in [3.05, 3.63) is 0 Å². The molecule has 0 spiro atoms. The highest BCUT2D eigenvalue weighted by atomic mass is 31.2. The number of halogens is 10. The maximum atomic E-state index is 12.1. The van der Waals surface area contributed by atoms with Crippen LogP contribution >= 0.6 is 7.37 Å². The fourth-order valence-corrected chi connectivity index (χ4v) is 1.53. The summed E-state index contributed by atoms with van der Waals surface area (Å²) in [5.41, 5.74) is -14.4. The van der Waals surface area contributed by atoms with Crippen molar-refractivity contribution < 1.29 is 57.8 Å². The van der Waals surface area contributed by atoms with Crippen LogP contribution in [0.4, 0.5) is 43.9 Å². The molecule has 0 N–H and O–H groups in total. The van der Waals surface area contributed by atoms with E-state index in [4.69, 9.17) is 0 Å². The zero-order valence-electron chi connectivity index (χ0n) is 11.5. The zero-order chi connectivity index (χ0) is 19.0. The van der Waals surface area contributed by atoms with E-state index < -0.39 is 31.0 Å². The Balaban J connectivity index is 0. The molecule has 0 aromatic heterocycles. The molecular formula is C8H12F10NO2P. The minimum absolute atomic E-state index is 1.00. The van der Waals surface area contributed by atoms with Gasteiger partial charge in [-0.3, -0.25) is 0 Å². The molecule has 136 valence electrons. The van der Waals surface area contributed by atoms with Gasteiger partial charge in [0.05, 0.1) is 28.2 Å². The predicted molar refractivity (Wildman–Crippen MR) is 53.6 cm³/mol. The van der Waals surface area contributed by atoms with Crippen molar-refractivity contribution in [2.24, 2.45) is 0 Å². The van der Waals surface area contributed by atoms with Crippen molar-refractivity contribution in [2.75, 3.05) is 28.2 Å². The summed E-state index contributed by atoms with van der Waals surface area (Å²) < 4.78 is 128. The maximum absolute atomic E-state index is 12.1. The number of hydrogen-bond acceptors (Lipinski definition) is 2. The lowest BCUT2D eigenvalue weighted by molar-refractivity contribution is -0.849. The fraction of sp³-hybridized carbons (Fsp3) is 1.00. The van der Waals surface area contributed by atoms with Crippen LogP contribution in [0.3, 0.4) is 0 Å². The van der Waals surface area contributed by atoms with Gasteiger partial charge in [-0.2, -0.15) is 43.9 Å². The predicted octanol–water partition coefficient (Wildman–Crippen LogP) is 3.26. The molecule has 0 saturated heterocycles. The molecule has 0 aliphatic rings. The van der Waals surface area contributed by atoms with Crippen LogP contribution < -0.4 is 4.89 Å². The Kier molecular flexibility index (Phi) is 6.64. The topological polar surface area (TPSA) is 40.1 Å². The summed E-state index contributed by atoms with van der Waals surface area (Å²) in [6, 6.07) is 0. The molecule has 0 amide bonds. The average molecular weight is 375 g/mol. The molecule has 22 heavy (non-hydrogen) atoms. The Labute approximate surface area is 118 Å². The second kappa shape index (κ2) is 6.16. The summed E-state index contributed by atoms with van der Waals surface area (Å²) in [6.07, 6.45) is -14.2. The minimum Gasteiger partial charge on any atom is -0.790 e. The normalized spacial score (nSPS) is 15.2. The molecule has 0 atom stereocenters. The first-order valence-corrected chi connectivity index (χ1v) is 6.62. The average Bonchev–Trinajstić information content (AvgIpc) is 2.10.